The number of halogens is 2. The van der Waals surface area contributed by atoms with Crippen molar-refractivity contribution in [1.82, 2.24) is 25.5 Å². The molecule has 0 saturated carbocycles. The molecule has 1 N–H and O–H groups in total. The van der Waals surface area contributed by atoms with E-state index in [1.807, 2.05) is 6.92 Å². The van der Waals surface area contributed by atoms with Crippen molar-refractivity contribution in [2.24, 2.45) is 0 Å². The van der Waals surface area contributed by atoms with Gasteiger partial charge in [-0.1, -0.05) is 23.7 Å². The van der Waals surface area contributed by atoms with Gasteiger partial charge in [-0.15, -0.1) is 10.2 Å². The van der Waals surface area contributed by atoms with Crippen LogP contribution in [0.15, 0.2) is 48.5 Å². The number of hydrogen-bond acceptors (Lipinski definition) is 4. The standard InChI is InChI=1S/C17H15ClFN5O/c1-11(12-4-8-15(19)9-5-12)20-16(25)10-24-22-17(21-23-24)13-2-6-14(18)7-3-13/h2-9,11H,10H2,1H3,(H,20,25)/t11-/m0/s1. The molecule has 0 radical (unpaired) electrons. The molecule has 1 amide bonds. The van der Waals surface area contributed by atoms with E-state index in [1.165, 1.54) is 16.9 Å². The van der Waals surface area contributed by atoms with Crippen molar-refractivity contribution in [3.8, 4) is 11.4 Å². The minimum Gasteiger partial charge on any atom is -0.348 e. The summed E-state index contributed by atoms with van der Waals surface area (Å²) in [5.41, 5.74) is 1.57. The van der Waals surface area contributed by atoms with Crippen molar-refractivity contribution in [3.63, 3.8) is 0 Å². The number of nitrogens with zero attached hydrogens (tertiary/aromatic N) is 4. The number of carbonyl (C=O) groups excluding carboxylic acids is 1. The third-order valence-electron chi connectivity index (χ3n) is 3.59. The molecular formula is C17H15ClFN5O. The zero-order valence-corrected chi connectivity index (χ0v) is 14.1. The maximum Gasteiger partial charge on any atom is 0.244 e. The smallest absolute Gasteiger partial charge is 0.244 e. The SMILES string of the molecule is C[C@H](NC(=O)Cn1nnc(-c2ccc(Cl)cc2)n1)c1ccc(F)cc1. The summed E-state index contributed by atoms with van der Waals surface area (Å²) in [5.74, 6) is -0.170. The highest BCUT2D eigenvalue weighted by Gasteiger charge is 2.13. The molecule has 1 aromatic heterocycles. The Bertz CT molecular complexity index is 864. The number of rotatable bonds is 5. The van der Waals surface area contributed by atoms with Gasteiger partial charge in [-0.3, -0.25) is 4.79 Å². The molecule has 8 heteroatoms. The summed E-state index contributed by atoms with van der Waals surface area (Å²) in [5, 5.41) is 15.4. The van der Waals surface area contributed by atoms with Crippen LogP contribution in [-0.2, 0) is 11.3 Å². The van der Waals surface area contributed by atoms with Crippen molar-refractivity contribution in [3.05, 3.63) is 64.9 Å². The van der Waals surface area contributed by atoms with Gasteiger partial charge in [-0.2, -0.15) is 4.80 Å². The number of hydrogen-bond donors (Lipinski definition) is 1. The summed E-state index contributed by atoms with van der Waals surface area (Å²) >= 11 is 5.85. The average Bonchev–Trinajstić information content (AvgIpc) is 3.04. The highest BCUT2D eigenvalue weighted by Crippen LogP contribution is 2.17. The molecule has 3 aromatic rings. The molecule has 0 fully saturated rings. The number of benzene rings is 2. The van der Waals surface area contributed by atoms with Crippen molar-refractivity contribution in [2.75, 3.05) is 0 Å². The highest BCUT2D eigenvalue weighted by atomic mass is 35.5. The van der Waals surface area contributed by atoms with E-state index >= 15 is 0 Å². The molecule has 0 bridgehead atoms. The molecule has 0 aliphatic heterocycles. The van der Waals surface area contributed by atoms with Gasteiger partial charge in [-0.05, 0) is 54.1 Å². The Morgan fingerprint density at radius 1 is 1.20 bits per heavy atom. The number of aromatic nitrogens is 4. The van der Waals surface area contributed by atoms with Gasteiger partial charge >= 0.3 is 0 Å². The van der Waals surface area contributed by atoms with Gasteiger partial charge in [0.1, 0.15) is 12.4 Å². The zero-order valence-electron chi connectivity index (χ0n) is 13.4. The molecule has 0 aliphatic carbocycles. The molecule has 0 spiro atoms. The second-order valence-corrected chi connectivity index (χ2v) is 5.93. The van der Waals surface area contributed by atoms with Gasteiger partial charge in [0.15, 0.2) is 0 Å². The molecule has 25 heavy (non-hydrogen) atoms. The first-order valence-corrected chi connectivity index (χ1v) is 7.97. The fourth-order valence-electron chi connectivity index (χ4n) is 2.28. The van der Waals surface area contributed by atoms with Gasteiger partial charge in [-0.25, -0.2) is 4.39 Å². The predicted octanol–water partition coefficient (Wildman–Crippen LogP) is 3.01. The Balaban J connectivity index is 1.61. The van der Waals surface area contributed by atoms with Gasteiger partial charge in [0.25, 0.3) is 0 Å². The van der Waals surface area contributed by atoms with E-state index in [-0.39, 0.29) is 24.3 Å². The first-order valence-electron chi connectivity index (χ1n) is 7.60. The van der Waals surface area contributed by atoms with E-state index in [9.17, 15) is 9.18 Å². The summed E-state index contributed by atoms with van der Waals surface area (Å²) in [6.07, 6.45) is 0. The summed E-state index contributed by atoms with van der Waals surface area (Å²) < 4.78 is 12.9. The Morgan fingerprint density at radius 3 is 2.56 bits per heavy atom. The normalized spacial score (nSPS) is 12.0. The molecule has 0 unspecified atom stereocenters. The summed E-state index contributed by atoms with van der Waals surface area (Å²) in [7, 11) is 0. The molecule has 3 rings (SSSR count). The molecule has 6 nitrogen and oxygen atoms in total. The van der Waals surface area contributed by atoms with Gasteiger partial charge in [0, 0.05) is 10.6 Å². The van der Waals surface area contributed by atoms with Crippen LogP contribution in [-0.4, -0.2) is 26.1 Å². The lowest BCUT2D eigenvalue weighted by Gasteiger charge is -2.13. The van der Waals surface area contributed by atoms with Crippen molar-refractivity contribution in [2.45, 2.75) is 19.5 Å². The zero-order chi connectivity index (χ0) is 17.8. The van der Waals surface area contributed by atoms with Crippen LogP contribution in [0.1, 0.15) is 18.5 Å². The Labute approximate surface area is 148 Å². The highest BCUT2D eigenvalue weighted by molar-refractivity contribution is 6.30. The van der Waals surface area contributed by atoms with Crippen LogP contribution >= 0.6 is 11.6 Å². The van der Waals surface area contributed by atoms with Crippen LogP contribution < -0.4 is 5.32 Å². The van der Waals surface area contributed by atoms with Gasteiger partial charge in [0.2, 0.25) is 11.7 Å². The van der Waals surface area contributed by atoms with Crippen LogP contribution in [0.5, 0.6) is 0 Å². The average molecular weight is 360 g/mol. The fraction of sp³-hybridized carbons (Fsp3) is 0.176. The Hall–Kier alpha value is -2.80. The van der Waals surface area contributed by atoms with Crippen LogP contribution in [0.2, 0.25) is 5.02 Å². The van der Waals surface area contributed by atoms with Crippen molar-refractivity contribution >= 4 is 17.5 Å². The number of amides is 1. The molecule has 0 saturated heterocycles. The Morgan fingerprint density at radius 2 is 1.88 bits per heavy atom. The first-order chi connectivity index (χ1) is 12.0. The maximum absolute atomic E-state index is 12.9. The van der Waals surface area contributed by atoms with E-state index in [1.54, 1.807) is 36.4 Å². The largest absolute Gasteiger partial charge is 0.348 e. The molecular weight excluding hydrogens is 345 g/mol. The number of nitrogens with one attached hydrogen (secondary N) is 1. The van der Waals surface area contributed by atoms with E-state index in [2.05, 4.69) is 20.7 Å². The molecule has 1 atom stereocenters. The lowest BCUT2D eigenvalue weighted by Crippen LogP contribution is -2.30. The van der Waals surface area contributed by atoms with E-state index in [0.717, 1.165) is 11.1 Å². The first kappa shape index (κ1) is 17.0. The van der Waals surface area contributed by atoms with E-state index in [4.69, 9.17) is 11.6 Å². The predicted molar refractivity (Wildman–Crippen MR) is 91.2 cm³/mol. The lowest BCUT2D eigenvalue weighted by atomic mass is 10.1. The molecule has 1 heterocycles. The summed E-state index contributed by atoms with van der Waals surface area (Å²) in [6.45, 7) is 1.76. The van der Waals surface area contributed by atoms with E-state index in [0.29, 0.717) is 10.8 Å². The molecule has 128 valence electrons. The minimum atomic E-state index is -0.316. The maximum atomic E-state index is 12.9. The van der Waals surface area contributed by atoms with Gasteiger partial charge < -0.3 is 5.32 Å². The van der Waals surface area contributed by atoms with Crippen LogP contribution in [0.3, 0.4) is 0 Å². The molecule has 0 aliphatic rings. The molecule has 2 aromatic carbocycles. The van der Waals surface area contributed by atoms with Crippen LogP contribution in [0.4, 0.5) is 4.39 Å². The van der Waals surface area contributed by atoms with E-state index < -0.39 is 0 Å². The van der Waals surface area contributed by atoms with Gasteiger partial charge in [0.05, 0.1) is 6.04 Å². The summed E-state index contributed by atoms with van der Waals surface area (Å²) in [6, 6.07) is 12.7. The second-order valence-electron chi connectivity index (χ2n) is 5.49. The third-order valence-corrected chi connectivity index (χ3v) is 3.84. The summed E-state index contributed by atoms with van der Waals surface area (Å²) in [4.78, 5) is 13.3. The minimum absolute atomic E-state index is 0.0634. The van der Waals surface area contributed by atoms with Crippen molar-refractivity contribution < 1.29 is 9.18 Å². The monoisotopic (exact) mass is 359 g/mol. The van der Waals surface area contributed by atoms with Crippen molar-refractivity contribution in [1.29, 1.82) is 0 Å². The Kier molecular flexibility index (Phi) is 5.04. The third kappa shape index (κ3) is 4.39. The topological polar surface area (TPSA) is 72.7 Å². The number of tetrazole rings is 1. The van der Waals surface area contributed by atoms with Crippen LogP contribution in [0.25, 0.3) is 11.4 Å². The van der Waals surface area contributed by atoms with Crippen LogP contribution in [0, 0.1) is 5.82 Å². The lowest BCUT2D eigenvalue weighted by molar-refractivity contribution is -0.122. The number of carbonyl (C=O) groups is 1. The fourth-order valence-corrected chi connectivity index (χ4v) is 2.40. The second kappa shape index (κ2) is 7.40. The quantitative estimate of drug-likeness (QED) is 0.760.